The van der Waals surface area contributed by atoms with E-state index >= 15 is 0 Å². The lowest BCUT2D eigenvalue weighted by Gasteiger charge is -1.98. The topological polar surface area (TPSA) is 50.0 Å². The first-order chi connectivity index (χ1) is 8.29. The predicted molar refractivity (Wildman–Crippen MR) is 61.7 cm³/mol. The fourth-order valence-corrected chi connectivity index (χ4v) is 1.59. The molecule has 0 saturated heterocycles. The van der Waals surface area contributed by atoms with Gasteiger partial charge in [-0.1, -0.05) is 0 Å². The third-order valence-electron chi connectivity index (χ3n) is 2.47. The van der Waals surface area contributed by atoms with Crippen molar-refractivity contribution in [2.75, 3.05) is 13.2 Å². The molecule has 17 heavy (non-hydrogen) atoms. The number of aliphatic hydroxyl groups excluding tert-OH is 1. The zero-order chi connectivity index (χ0) is 12.1. The van der Waals surface area contributed by atoms with Crippen LogP contribution in [-0.4, -0.2) is 18.3 Å². The quantitative estimate of drug-likeness (QED) is 0.765. The molecule has 90 valence electrons. The number of halogens is 1. The molecule has 1 aromatic heterocycles. The summed E-state index contributed by atoms with van der Waals surface area (Å²) < 4.78 is 18.4. The Hall–Kier alpha value is -1.65. The Balaban J connectivity index is 2.04. The fraction of sp³-hybridized carbons (Fsp3) is 0.231. The highest BCUT2D eigenvalue weighted by Gasteiger charge is 2.05. The van der Waals surface area contributed by atoms with Crippen LogP contribution in [0.5, 0.6) is 0 Å². The van der Waals surface area contributed by atoms with Gasteiger partial charge >= 0.3 is 0 Å². The molecule has 3 N–H and O–H groups in total. The molecule has 0 aliphatic heterocycles. The molecule has 0 bridgehead atoms. The summed E-state index contributed by atoms with van der Waals surface area (Å²) in [5.74, 6) is 1.33. The van der Waals surface area contributed by atoms with Crippen LogP contribution in [0.15, 0.2) is 40.8 Å². The molecule has 2 rings (SSSR count). The van der Waals surface area contributed by atoms with Gasteiger partial charge in [0, 0.05) is 5.56 Å². The van der Waals surface area contributed by atoms with Crippen molar-refractivity contribution >= 4 is 0 Å². The van der Waals surface area contributed by atoms with E-state index in [-0.39, 0.29) is 12.4 Å². The van der Waals surface area contributed by atoms with Crippen LogP contribution >= 0.6 is 0 Å². The Morgan fingerprint density at radius 1 is 1.12 bits per heavy atom. The number of hydrogen-bond acceptors (Lipinski definition) is 2. The lowest BCUT2D eigenvalue weighted by molar-refractivity contribution is -0.673. The Bertz CT molecular complexity index is 465. The number of benzene rings is 1. The predicted octanol–water partition coefficient (Wildman–Crippen LogP) is 1.14. The lowest BCUT2D eigenvalue weighted by Crippen LogP contribution is -2.83. The maximum absolute atomic E-state index is 12.8. The Morgan fingerprint density at radius 3 is 2.59 bits per heavy atom. The first kappa shape index (κ1) is 11.8. The van der Waals surface area contributed by atoms with Crippen molar-refractivity contribution < 1.29 is 19.2 Å². The van der Waals surface area contributed by atoms with E-state index in [1.54, 1.807) is 12.1 Å². The van der Waals surface area contributed by atoms with Crippen LogP contribution in [0.3, 0.4) is 0 Å². The number of rotatable bonds is 5. The molecule has 0 spiro atoms. The molecule has 1 aromatic carbocycles. The zero-order valence-corrected chi connectivity index (χ0v) is 9.40. The van der Waals surface area contributed by atoms with E-state index in [0.717, 1.165) is 17.1 Å². The van der Waals surface area contributed by atoms with Gasteiger partial charge in [-0.25, -0.2) is 4.39 Å². The van der Waals surface area contributed by atoms with Crippen LogP contribution in [0.2, 0.25) is 0 Å². The molecular weight excluding hydrogens is 221 g/mol. The number of aliphatic hydroxyl groups is 1. The molecule has 4 heteroatoms. The molecule has 0 aliphatic rings. The number of nitrogens with two attached hydrogens (primary N) is 1. The second-order valence-electron chi connectivity index (χ2n) is 3.78. The summed E-state index contributed by atoms with van der Waals surface area (Å²) >= 11 is 0. The average Bonchev–Trinajstić information content (AvgIpc) is 2.79. The van der Waals surface area contributed by atoms with Crippen LogP contribution in [-0.2, 0) is 6.54 Å². The molecule has 2 aromatic rings. The minimum Gasteiger partial charge on any atom is -0.455 e. The van der Waals surface area contributed by atoms with E-state index in [4.69, 9.17) is 9.52 Å². The highest BCUT2D eigenvalue weighted by Crippen LogP contribution is 2.21. The van der Waals surface area contributed by atoms with Crippen LogP contribution in [0.1, 0.15) is 5.76 Å². The monoisotopic (exact) mass is 236 g/mol. The third kappa shape index (κ3) is 3.15. The minimum absolute atomic E-state index is 0.158. The van der Waals surface area contributed by atoms with E-state index < -0.39 is 0 Å². The van der Waals surface area contributed by atoms with Crippen molar-refractivity contribution in [1.29, 1.82) is 0 Å². The minimum atomic E-state index is -0.253. The summed E-state index contributed by atoms with van der Waals surface area (Å²) in [5, 5.41) is 10.6. The normalized spacial score (nSPS) is 10.7. The maximum atomic E-state index is 12.8. The van der Waals surface area contributed by atoms with Crippen LogP contribution in [0.25, 0.3) is 11.3 Å². The van der Waals surface area contributed by atoms with Crippen molar-refractivity contribution in [2.24, 2.45) is 0 Å². The van der Waals surface area contributed by atoms with E-state index in [1.165, 1.54) is 12.1 Å². The SMILES string of the molecule is OCC[NH2+]Cc1ccc(-c2ccc(F)cc2)o1. The van der Waals surface area contributed by atoms with Crippen molar-refractivity contribution in [3.8, 4) is 11.3 Å². The Morgan fingerprint density at radius 2 is 1.88 bits per heavy atom. The average molecular weight is 236 g/mol. The Labute approximate surface area is 98.9 Å². The first-order valence-electron chi connectivity index (χ1n) is 5.57. The van der Waals surface area contributed by atoms with Gasteiger partial charge in [0.15, 0.2) is 5.76 Å². The highest BCUT2D eigenvalue weighted by atomic mass is 19.1. The van der Waals surface area contributed by atoms with Crippen LogP contribution in [0.4, 0.5) is 4.39 Å². The molecular formula is C13H15FNO2+. The molecule has 0 fully saturated rings. The van der Waals surface area contributed by atoms with Gasteiger partial charge in [0.2, 0.25) is 0 Å². The third-order valence-corrected chi connectivity index (χ3v) is 2.47. The van der Waals surface area contributed by atoms with Crippen molar-refractivity contribution in [3.63, 3.8) is 0 Å². The Kier molecular flexibility index (Phi) is 3.90. The molecule has 0 unspecified atom stereocenters. The molecule has 0 amide bonds. The number of furan rings is 1. The smallest absolute Gasteiger partial charge is 0.158 e. The number of quaternary nitrogens is 1. The molecule has 0 radical (unpaired) electrons. The summed E-state index contributed by atoms with van der Waals surface area (Å²) in [5.41, 5.74) is 0.861. The standard InChI is InChI=1S/C13H14FNO2/c14-11-3-1-10(2-4-11)13-6-5-12(17-13)9-15-7-8-16/h1-6,15-16H,7-9H2/p+1. The van der Waals surface area contributed by atoms with Gasteiger partial charge in [0.1, 0.15) is 18.1 Å². The molecule has 0 aliphatic carbocycles. The summed E-state index contributed by atoms with van der Waals surface area (Å²) in [6.45, 7) is 1.51. The molecule has 0 atom stereocenters. The molecule has 0 saturated carbocycles. The van der Waals surface area contributed by atoms with E-state index in [2.05, 4.69) is 0 Å². The molecule has 1 heterocycles. The lowest BCUT2D eigenvalue weighted by atomic mass is 10.2. The van der Waals surface area contributed by atoms with Crippen molar-refractivity contribution in [3.05, 3.63) is 48.0 Å². The van der Waals surface area contributed by atoms with Gasteiger partial charge in [-0.3, -0.25) is 0 Å². The second-order valence-corrected chi connectivity index (χ2v) is 3.78. The maximum Gasteiger partial charge on any atom is 0.158 e. The highest BCUT2D eigenvalue weighted by molar-refractivity contribution is 5.57. The van der Waals surface area contributed by atoms with Gasteiger partial charge in [-0.05, 0) is 36.4 Å². The van der Waals surface area contributed by atoms with E-state index in [9.17, 15) is 4.39 Å². The van der Waals surface area contributed by atoms with E-state index in [1.807, 2.05) is 17.4 Å². The molecule has 3 nitrogen and oxygen atoms in total. The fourth-order valence-electron chi connectivity index (χ4n) is 1.59. The first-order valence-corrected chi connectivity index (χ1v) is 5.57. The van der Waals surface area contributed by atoms with Crippen molar-refractivity contribution in [1.82, 2.24) is 0 Å². The summed E-state index contributed by atoms with van der Waals surface area (Å²) in [7, 11) is 0. The number of hydrogen-bond donors (Lipinski definition) is 2. The summed E-state index contributed by atoms with van der Waals surface area (Å²) in [4.78, 5) is 0. The van der Waals surface area contributed by atoms with Crippen molar-refractivity contribution in [2.45, 2.75) is 6.54 Å². The van der Waals surface area contributed by atoms with E-state index in [0.29, 0.717) is 13.1 Å². The summed E-state index contributed by atoms with van der Waals surface area (Å²) in [6.07, 6.45) is 0. The van der Waals surface area contributed by atoms with Gasteiger partial charge in [-0.2, -0.15) is 0 Å². The van der Waals surface area contributed by atoms with Gasteiger partial charge < -0.3 is 14.8 Å². The van der Waals surface area contributed by atoms with Crippen LogP contribution in [0, 0.1) is 5.82 Å². The van der Waals surface area contributed by atoms with Crippen LogP contribution < -0.4 is 5.32 Å². The summed E-state index contributed by atoms with van der Waals surface area (Å²) in [6, 6.07) is 9.97. The second kappa shape index (κ2) is 5.61. The van der Waals surface area contributed by atoms with Gasteiger partial charge in [0.25, 0.3) is 0 Å². The van der Waals surface area contributed by atoms with Gasteiger partial charge in [0.05, 0.1) is 13.2 Å². The largest absolute Gasteiger partial charge is 0.455 e. The van der Waals surface area contributed by atoms with Gasteiger partial charge in [-0.15, -0.1) is 0 Å². The zero-order valence-electron chi connectivity index (χ0n) is 9.40.